The van der Waals surface area contributed by atoms with Gasteiger partial charge in [0.1, 0.15) is 0 Å². The van der Waals surface area contributed by atoms with Crippen LogP contribution in [0.25, 0.3) is 0 Å². The number of aryl methyl sites for hydroxylation is 1. The molecule has 0 N–H and O–H groups in total. The molecule has 0 spiro atoms. The zero-order valence-corrected chi connectivity index (χ0v) is 9.19. The molecule has 0 saturated carbocycles. The second-order valence-electron chi connectivity index (χ2n) is 3.67. The zero-order valence-electron chi connectivity index (χ0n) is 8.38. The van der Waals surface area contributed by atoms with Crippen LogP contribution in [-0.4, -0.2) is 5.78 Å². The maximum absolute atomic E-state index is 11.0. The zero-order chi connectivity index (χ0) is 9.97. The van der Waals surface area contributed by atoms with Crippen LogP contribution in [0.3, 0.4) is 0 Å². The molecule has 2 rings (SSSR count). The molecule has 74 valence electrons. The lowest BCUT2D eigenvalue weighted by molar-refractivity contribution is -0.114. The van der Waals surface area contributed by atoms with Crippen molar-refractivity contribution in [1.82, 2.24) is 0 Å². The summed E-state index contributed by atoms with van der Waals surface area (Å²) in [6, 6.07) is 4.38. The van der Waals surface area contributed by atoms with Gasteiger partial charge in [0.15, 0.2) is 5.78 Å². The Morgan fingerprint density at radius 1 is 1.29 bits per heavy atom. The molecule has 0 radical (unpaired) electrons. The molecule has 0 amide bonds. The van der Waals surface area contributed by atoms with Crippen LogP contribution in [0, 0.1) is 0 Å². The molecule has 0 saturated heterocycles. The molecule has 0 atom stereocenters. The van der Waals surface area contributed by atoms with E-state index in [0.29, 0.717) is 5.78 Å². The standard InChI is InChI=1S/C12H14OS/c1-2-11-5-6-12(14-11)8-9-3-4-10(13)7-9/h5-7H,2-4,8H2,1H3. The van der Waals surface area contributed by atoms with Crippen LogP contribution in [0.5, 0.6) is 0 Å². The first-order valence-electron chi connectivity index (χ1n) is 5.08. The molecule has 1 aliphatic carbocycles. The Kier molecular flexibility index (Phi) is 2.82. The molecule has 0 bridgehead atoms. The lowest BCUT2D eigenvalue weighted by Crippen LogP contribution is -1.82. The normalized spacial score (nSPS) is 16.1. The number of hydrogen-bond donors (Lipinski definition) is 0. The Labute approximate surface area is 88.5 Å². The van der Waals surface area contributed by atoms with Gasteiger partial charge in [-0.05, 0) is 31.1 Å². The van der Waals surface area contributed by atoms with Crippen LogP contribution in [0.1, 0.15) is 29.5 Å². The van der Waals surface area contributed by atoms with Gasteiger partial charge >= 0.3 is 0 Å². The third-order valence-electron chi connectivity index (χ3n) is 2.52. The highest BCUT2D eigenvalue weighted by atomic mass is 32.1. The Hall–Kier alpha value is -0.890. The van der Waals surface area contributed by atoms with Crippen molar-refractivity contribution in [2.24, 2.45) is 0 Å². The van der Waals surface area contributed by atoms with Crippen molar-refractivity contribution in [1.29, 1.82) is 0 Å². The molecule has 0 aromatic carbocycles. The smallest absolute Gasteiger partial charge is 0.155 e. The summed E-state index contributed by atoms with van der Waals surface area (Å²) in [5, 5.41) is 0. The predicted molar refractivity (Wildman–Crippen MR) is 59.7 cm³/mol. The maximum Gasteiger partial charge on any atom is 0.155 e. The van der Waals surface area contributed by atoms with E-state index in [-0.39, 0.29) is 0 Å². The Balaban J connectivity index is 2.04. The van der Waals surface area contributed by atoms with Crippen LogP contribution in [0.2, 0.25) is 0 Å². The second kappa shape index (κ2) is 4.09. The van der Waals surface area contributed by atoms with Gasteiger partial charge in [-0.25, -0.2) is 0 Å². The number of rotatable bonds is 3. The number of carbonyl (C=O) groups is 1. The first-order valence-corrected chi connectivity index (χ1v) is 5.89. The summed E-state index contributed by atoms with van der Waals surface area (Å²) in [7, 11) is 0. The lowest BCUT2D eigenvalue weighted by Gasteiger charge is -1.96. The van der Waals surface area contributed by atoms with E-state index in [9.17, 15) is 4.79 Å². The minimum atomic E-state index is 0.298. The van der Waals surface area contributed by atoms with Crippen molar-refractivity contribution in [3.8, 4) is 0 Å². The van der Waals surface area contributed by atoms with Crippen molar-refractivity contribution in [3.63, 3.8) is 0 Å². The highest BCUT2D eigenvalue weighted by Gasteiger charge is 2.12. The number of hydrogen-bond acceptors (Lipinski definition) is 2. The molecule has 2 heteroatoms. The van der Waals surface area contributed by atoms with Gasteiger partial charge in [-0.1, -0.05) is 12.5 Å². The van der Waals surface area contributed by atoms with E-state index in [1.54, 1.807) is 0 Å². The van der Waals surface area contributed by atoms with Gasteiger partial charge in [0.2, 0.25) is 0 Å². The van der Waals surface area contributed by atoms with E-state index in [1.165, 1.54) is 15.3 Å². The average Bonchev–Trinajstić information content (AvgIpc) is 2.76. The van der Waals surface area contributed by atoms with E-state index in [0.717, 1.165) is 25.7 Å². The van der Waals surface area contributed by atoms with Crippen LogP contribution < -0.4 is 0 Å². The Morgan fingerprint density at radius 2 is 2.07 bits per heavy atom. The highest BCUT2D eigenvalue weighted by molar-refractivity contribution is 7.12. The summed E-state index contributed by atoms with van der Waals surface area (Å²) < 4.78 is 0. The van der Waals surface area contributed by atoms with Gasteiger partial charge in [-0.2, -0.15) is 0 Å². The predicted octanol–water partition coefficient (Wildman–Crippen LogP) is 3.14. The first-order chi connectivity index (χ1) is 6.78. The molecule has 0 unspecified atom stereocenters. The van der Waals surface area contributed by atoms with Gasteiger partial charge in [-0.15, -0.1) is 11.3 Å². The van der Waals surface area contributed by atoms with E-state index in [1.807, 2.05) is 17.4 Å². The quantitative estimate of drug-likeness (QED) is 0.742. The second-order valence-corrected chi connectivity index (χ2v) is 4.92. The third-order valence-corrected chi connectivity index (χ3v) is 3.75. The fourth-order valence-corrected chi connectivity index (χ4v) is 2.74. The van der Waals surface area contributed by atoms with Crippen LogP contribution in [0.4, 0.5) is 0 Å². The summed E-state index contributed by atoms with van der Waals surface area (Å²) in [6.07, 6.45) is 5.62. The minimum Gasteiger partial charge on any atom is -0.295 e. The summed E-state index contributed by atoms with van der Waals surface area (Å²) in [5.74, 6) is 0.298. The molecule has 1 heterocycles. The molecular formula is C12H14OS. The van der Waals surface area contributed by atoms with Gasteiger partial charge in [-0.3, -0.25) is 4.79 Å². The van der Waals surface area contributed by atoms with Crippen molar-refractivity contribution < 1.29 is 4.79 Å². The van der Waals surface area contributed by atoms with Crippen LogP contribution in [-0.2, 0) is 17.6 Å². The maximum atomic E-state index is 11.0. The molecule has 1 aromatic heterocycles. The number of ketones is 1. The Bertz CT molecular complexity index is 373. The largest absolute Gasteiger partial charge is 0.295 e. The number of carbonyl (C=O) groups excluding carboxylic acids is 1. The molecule has 1 nitrogen and oxygen atoms in total. The van der Waals surface area contributed by atoms with Crippen molar-refractivity contribution in [3.05, 3.63) is 33.5 Å². The van der Waals surface area contributed by atoms with Crippen molar-refractivity contribution >= 4 is 17.1 Å². The summed E-state index contributed by atoms with van der Waals surface area (Å²) in [5.41, 5.74) is 1.31. The van der Waals surface area contributed by atoms with Crippen LogP contribution >= 0.6 is 11.3 Å². The molecule has 0 fully saturated rings. The third kappa shape index (κ3) is 2.13. The average molecular weight is 206 g/mol. The molecular weight excluding hydrogens is 192 g/mol. The van der Waals surface area contributed by atoms with Crippen molar-refractivity contribution in [2.45, 2.75) is 32.6 Å². The fourth-order valence-electron chi connectivity index (χ4n) is 1.73. The monoisotopic (exact) mass is 206 g/mol. The fraction of sp³-hybridized carbons (Fsp3) is 0.417. The summed E-state index contributed by atoms with van der Waals surface area (Å²) >= 11 is 1.87. The molecule has 14 heavy (non-hydrogen) atoms. The minimum absolute atomic E-state index is 0.298. The lowest BCUT2D eigenvalue weighted by atomic mass is 10.1. The van der Waals surface area contributed by atoms with Gasteiger partial charge < -0.3 is 0 Å². The topological polar surface area (TPSA) is 17.1 Å². The Morgan fingerprint density at radius 3 is 2.64 bits per heavy atom. The number of allylic oxidation sites excluding steroid dienone is 2. The summed E-state index contributed by atoms with van der Waals surface area (Å²) in [6.45, 7) is 2.17. The highest BCUT2D eigenvalue weighted by Crippen LogP contribution is 2.24. The molecule has 1 aliphatic rings. The van der Waals surface area contributed by atoms with Gasteiger partial charge in [0, 0.05) is 22.6 Å². The summed E-state index contributed by atoms with van der Waals surface area (Å²) in [4.78, 5) is 13.9. The molecule has 1 aromatic rings. The SMILES string of the molecule is CCc1ccc(CC2=CC(=O)CC2)s1. The van der Waals surface area contributed by atoms with E-state index in [4.69, 9.17) is 0 Å². The number of thiophene rings is 1. The van der Waals surface area contributed by atoms with E-state index < -0.39 is 0 Å². The van der Waals surface area contributed by atoms with Gasteiger partial charge in [0.05, 0.1) is 0 Å². The molecule has 0 aliphatic heterocycles. The van der Waals surface area contributed by atoms with E-state index >= 15 is 0 Å². The van der Waals surface area contributed by atoms with E-state index in [2.05, 4.69) is 19.1 Å². The van der Waals surface area contributed by atoms with Crippen molar-refractivity contribution in [2.75, 3.05) is 0 Å². The first kappa shape index (κ1) is 9.66. The van der Waals surface area contributed by atoms with Crippen LogP contribution in [0.15, 0.2) is 23.8 Å². The van der Waals surface area contributed by atoms with Gasteiger partial charge in [0.25, 0.3) is 0 Å².